The zero-order chi connectivity index (χ0) is 20.5. The van der Waals surface area contributed by atoms with Gasteiger partial charge in [0.15, 0.2) is 11.2 Å². The minimum atomic E-state index is 0.578. The minimum Gasteiger partial charge on any atom is -0.437 e. The van der Waals surface area contributed by atoms with Crippen LogP contribution in [-0.4, -0.2) is 9.97 Å². The van der Waals surface area contributed by atoms with E-state index in [2.05, 4.69) is 41.8 Å². The molecule has 30 heavy (non-hydrogen) atoms. The number of halogens is 2. The van der Waals surface area contributed by atoms with E-state index in [1.165, 1.54) is 0 Å². The van der Waals surface area contributed by atoms with Gasteiger partial charge in [-0.2, -0.15) is 0 Å². The Labute approximate surface area is 189 Å². The molecule has 0 saturated heterocycles. The van der Waals surface area contributed by atoms with E-state index in [1.54, 1.807) is 0 Å². The molecule has 0 unspecified atom stereocenters. The van der Waals surface area contributed by atoms with Crippen LogP contribution < -0.4 is 0 Å². The zero-order valence-corrected chi connectivity index (χ0v) is 18.7. The molecule has 0 aliphatic heterocycles. The molecule has 0 N–H and O–H groups in total. The van der Waals surface area contributed by atoms with Crippen molar-refractivity contribution in [3.63, 3.8) is 0 Å². The van der Waals surface area contributed by atoms with Crippen molar-refractivity contribution in [2.75, 3.05) is 0 Å². The number of nitrogens with zero attached hydrogens (tertiary/aromatic N) is 2. The van der Waals surface area contributed by atoms with Gasteiger partial charge in [0.1, 0.15) is 11.0 Å². The maximum Gasteiger partial charge on any atom is 0.220 e. The van der Waals surface area contributed by atoms with E-state index < -0.39 is 0 Å². The molecule has 3 aromatic carbocycles. The molecule has 0 spiro atoms. The summed E-state index contributed by atoms with van der Waals surface area (Å²) in [5.41, 5.74) is 5.31. The van der Waals surface area contributed by atoms with Gasteiger partial charge in [-0.3, -0.25) is 0 Å². The Morgan fingerprint density at radius 2 is 1.00 bits per heavy atom. The molecule has 0 atom stereocenters. The first-order chi connectivity index (χ1) is 14.6. The molecule has 0 bridgehead atoms. The van der Waals surface area contributed by atoms with E-state index in [4.69, 9.17) is 8.83 Å². The molecule has 4 nitrogen and oxygen atoms in total. The molecule has 0 amide bonds. The fourth-order valence-electron chi connectivity index (χ4n) is 3.03. The Kier molecular flexibility index (Phi) is 5.11. The first-order valence-corrected chi connectivity index (χ1v) is 10.8. The molecule has 0 radical (unpaired) electrons. The maximum absolute atomic E-state index is 5.74. The van der Waals surface area contributed by atoms with Crippen LogP contribution in [0.15, 0.2) is 78.4 Å². The Morgan fingerprint density at radius 3 is 1.43 bits per heavy atom. The second-order valence-corrected chi connectivity index (χ2v) is 8.49. The first-order valence-electron chi connectivity index (χ1n) is 9.21. The molecule has 5 rings (SSSR count). The number of rotatable bonds is 4. The second-order valence-electron chi connectivity index (χ2n) is 6.66. The van der Waals surface area contributed by atoms with Gasteiger partial charge in [-0.25, -0.2) is 9.97 Å². The van der Waals surface area contributed by atoms with Crippen LogP contribution in [0.3, 0.4) is 0 Å². The molecule has 5 aromatic rings. The average Bonchev–Trinajstić information content (AvgIpc) is 3.34. The monoisotopic (exact) mass is 520 g/mol. The lowest BCUT2D eigenvalue weighted by atomic mass is 10.1. The van der Waals surface area contributed by atoms with Crippen molar-refractivity contribution in [2.45, 2.75) is 0 Å². The van der Waals surface area contributed by atoms with Crippen LogP contribution in [0.2, 0.25) is 0 Å². The van der Waals surface area contributed by atoms with Crippen LogP contribution >= 0.6 is 31.9 Å². The highest BCUT2D eigenvalue weighted by atomic mass is 79.9. The highest BCUT2D eigenvalue weighted by molar-refractivity contribution is 9.10. The maximum atomic E-state index is 5.74. The summed E-state index contributed by atoms with van der Waals surface area (Å²) < 4.78 is 13.4. The number of benzene rings is 3. The summed E-state index contributed by atoms with van der Waals surface area (Å²) >= 11 is 6.89. The Balaban J connectivity index is 1.30. The van der Waals surface area contributed by atoms with E-state index >= 15 is 0 Å². The molecular formula is C24H14Br2N2O2. The van der Waals surface area contributed by atoms with Crippen molar-refractivity contribution < 1.29 is 8.83 Å². The summed E-state index contributed by atoms with van der Waals surface area (Å²) in [6.07, 6.45) is 7.70. The van der Waals surface area contributed by atoms with E-state index in [1.807, 2.05) is 85.0 Å². The zero-order valence-electron chi connectivity index (χ0n) is 15.5. The predicted octanol–water partition coefficient (Wildman–Crippen LogP) is 7.83. The van der Waals surface area contributed by atoms with Gasteiger partial charge in [0.05, 0.1) is 0 Å². The van der Waals surface area contributed by atoms with Gasteiger partial charge in [-0.15, -0.1) is 0 Å². The molecule has 0 fully saturated rings. The van der Waals surface area contributed by atoms with Gasteiger partial charge in [-0.1, -0.05) is 56.1 Å². The normalized spacial score (nSPS) is 12.1. The van der Waals surface area contributed by atoms with Crippen molar-refractivity contribution in [1.82, 2.24) is 9.97 Å². The van der Waals surface area contributed by atoms with Crippen LogP contribution in [0.4, 0.5) is 0 Å². The number of oxazole rings is 2. The molecule has 0 aliphatic rings. The summed E-state index contributed by atoms with van der Waals surface area (Å²) in [5.74, 6) is 1.16. The van der Waals surface area contributed by atoms with E-state index in [0.717, 1.165) is 42.3 Å². The summed E-state index contributed by atoms with van der Waals surface area (Å²) in [7, 11) is 0. The van der Waals surface area contributed by atoms with Crippen LogP contribution in [0.1, 0.15) is 22.9 Å². The Morgan fingerprint density at radius 1 is 0.567 bits per heavy atom. The minimum absolute atomic E-state index is 0.578. The summed E-state index contributed by atoms with van der Waals surface area (Å²) in [6, 6.07) is 19.7. The number of fused-ring (bicyclic) bond motifs is 2. The van der Waals surface area contributed by atoms with Crippen molar-refractivity contribution >= 4 is 78.4 Å². The van der Waals surface area contributed by atoms with Gasteiger partial charge in [0, 0.05) is 21.1 Å². The Bertz CT molecular complexity index is 1300. The highest BCUT2D eigenvalue weighted by Gasteiger charge is 2.04. The van der Waals surface area contributed by atoms with Gasteiger partial charge < -0.3 is 8.83 Å². The molecule has 146 valence electrons. The fraction of sp³-hybridized carbons (Fsp3) is 0. The van der Waals surface area contributed by atoms with Crippen LogP contribution in [0.5, 0.6) is 0 Å². The third-order valence-corrected chi connectivity index (χ3v) is 5.49. The van der Waals surface area contributed by atoms with E-state index in [-0.39, 0.29) is 0 Å². The molecular weight excluding hydrogens is 508 g/mol. The lowest BCUT2D eigenvalue weighted by molar-refractivity contribution is 0.589. The number of hydrogen-bond donors (Lipinski definition) is 0. The average molecular weight is 522 g/mol. The quantitative estimate of drug-likeness (QED) is 0.242. The molecule has 0 saturated carbocycles. The van der Waals surface area contributed by atoms with Gasteiger partial charge in [0.2, 0.25) is 11.8 Å². The lowest BCUT2D eigenvalue weighted by Gasteiger charge is -1.95. The van der Waals surface area contributed by atoms with Crippen molar-refractivity contribution in [1.29, 1.82) is 0 Å². The predicted molar refractivity (Wildman–Crippen MR) is 128 cm³/mol. The van der Waals surface area contributed by atoms with Crippen molar-refractivity contribution in [2.24, 2.45) is 0 Å². The van der Waals surface area contributed by atoms with E-state index in [9.17, 15) is 0 Å². The third kappa shape index (κ3) is 4.15. The summed E-state index contributed by atoms with van der Waals surface area (Å²) in [6.45, 7) is 0. The summed E-state index contributed by atoms with van der Waals surface area (Å²) in [5, 5.41) is 0. The number of aromatic nitrogens is 2. The van der Waals surface area contributed by atoms with Crippen molar-refractivity contribution in [3.05, 3.63) is 92.5 Å². The summed E-state index contributed by atoms with van der Waals surface area (Å²) in [4.78, 5) is 8.96. The molecule has 2 heterocycles. The van der Waals surface area contributed by atoms with Crippen molar-refractivity contribution in [3.8, 4) is 0 Å². The largest absolute Gasteiger partial charge is 0.437 e. The third-order valence-electron chi connectivity index (χ3n) is 4.51. The second kappa shape index (κ2) is 8.05. The lowest BCUT2D eigenvalue weighted by Crippen LogP contribution is -1.76. The van der Waals surface area contributed by atoms with Crippen LogP contribution in [0, 0.1) is 0 Å². The van der Waals surface area contributed by atoms with Crippen LogP contribution in [-0.2, 0) is 0 Å². The highest BCUT2D eigenvalue weighted by Crippen LogP contribution is 2.23. The van der Waals surface area contributed by atoms with Gasteiger partial charge >= 0.3 is 0 Å². The van der Waals surface area contributed by atoms with Crippen LogP contribution in [0.25, 0.3) is 46.5 Å². The standard InChI is InChI=1S/C24H14Br2N2O2/c25-17-7-9-21-19(13-17)27-23(29-21)11-5-15-1-2-16(4-3-15)6-12-24-28-20-14-18(26)8-10-22(20)30-24/h1-14H/b11-5+,12-6+. The molecule has 2 aromatic heterocycles. The van der Waals surface area contributed by atoms with E-state index in [0.29, 0.717) is 11.8 Å². The Hall–Kier alpha value is -2.96. The van der Waals surface area contributed by atoms with Gasteiger partial charge in [-0.05, 0) is 59.7 Å². The van der Waals surface area contributed by atoms with Gasteiger partial charge in [0.25, 0.3) is 0 Å². The SMILES string of the molecule is Brc1ccc2oc(/C=C/c3ccc(/C=C/c4nc5cc(Br)ccc5o4)cc3)nc2c1. The molecule has 0 aliphatic carbocycles. The fourth-order valence-corrected chi connectivity index (χ4v) is 3.73. The smallest absolute Gasteiger partial charge is 0.220 e. The topological polar surface area (TPSA) is 52.1 Å². The first kappa shape index (κ1) is 19.0. The molecule has 6 heteroatoms. The number of hydrogen-bond acceptors (Lipinski definition) is 4.